The van der Waals surface area contributed by atoms with Crippen LogP contribution in [0.4, 0.5) is 0 Å². The maximum absolute atomic E-state index is 10.2. The van der Waals surface area contributed by atoms with Crippen molar-refractivity contribution in [2.24, 2.45) is 0 Å². The third kappa shape index (κ3) is 7.07. The quantitative estimate of drug-likeness (QED) is 0.155. The Morgan fingerprint density at radius 2 is 0.862 bits per heavy atom. The largest absolute Gasteiger partial charge is 0.308 e. The monoisotopic (exact) mass is 826 g/mol. The van der Waals surface area contributed by atoms with Gasteiger partial charge in [-0.05, 0) is 89.5 Å². The van der Waals surface area contributed by atoms with E-state index in [1.165, 1.54) is 12.1 Å². The number of para-hydroxylation sites is 1. The lowest BCUT2D eigenvalue weighted by atomic mass is 9.91. The van der Waals surface area contributed by atoms with Crippen molar-refractivity contribution in [1.82, 2.24) is 14.5 Å². The summed E-state index contributed by atoms with van der Waals surface area (Å²) in [7, 11) is 0. The standard InChI is InChI=1S/C57H30N8/c58-31-36-11-9-17-41(23-36)48-28-44(57-63-51(39-13-3-1-4-14-39)30-52(64-57)40-15-5-2-6-16-40)29-49(42-18-10-12-37(24-42)32-59)56(48)65-53-20-8-7-19-47(53)50-27-43(21-22-54(50)65)55-45(34-61)25-38(33-60)26-46(55)35-62/h1-30H. The van der Waals surface area contributed by atoms with Gasteiger partial charge in [0.05, 0.1) is 86.3 Å². The average Bonchev–Trinajstić information content (AvgIpc) is 3.71. The van der Waals surface area contributed by atoms with Gasteiger partial charge in [-0.3, -0.25) is 0 Å². The first-order chi connectivity index (χ1) is 32.0. The molecule has 0 saturated heterocycles. The molecule has 8 aromatic carbocycles. The first-order valence-electron chi connectivity index (χ1n) is 20.6. The zero-order chi connectivity index (χ0) is 44.4. The van der Waals surface area contributed by atoms with Gasteiger partial charge in [-0.1, -0.05) is 109 Å². The highest BCUT2D eigenvalue weighted by Crippen LogP contribution is 2.45. The maximum Gasteiger partial charge on any atom is 0.160 e. The van der Waals surface area contributed by atoms with Crippen molar-refractivity contribution < 1.29 is 0 Å². The van der Waals surface area contributed by atoms with Crippen LogP contribution in [0.25, 0.3) is 94.8 Å². The highest BCUT2D eigenvalue weighted by Gasteiger charge is 2.24. The lowest BCUT2D eigenvalue weighted by molar-refractivity contribution is 1.17. The summed E-state index contributed by atoms with van der Waals surface area (Å²) in [6.45, 7) is 0. The lowest BCUT2D eigenvalue weighted by Gasteiger charge is -2.21. The SMILES string of the molecule is N#Cc1cccc(-c2cc(-c3nc(-c4ccccc4)cc(-c4ccccc4)n3)cc(-c3cccc(C#N)c3)c2-n2c3ccccc3c3cc(-c4c(C#N)cc(C#N)cc4C#N)ccc32)c1. The molecule has 0 aliphatic rings. The van der Waals surface area contributed by atoms with Crippen molar-refractivity contribution in [3.63, 3.8) is 0 Å². The van der Waals surface area contributed by atoms with Gasteiger partial charge in [0, 0.05) is 44.2 Å². The Bertz CT molecular complexity index is 3600. The molecule has 8 heteroatoms. The van der Waals surface area contributed by atoms with Crippen LogP contribution < -0.4 is 0 Å². The van der Waals surface area contributed by atoms with Crippen LogP contribution in [0.15, 0.2) is 182 Å². The number of benzene rings is 8. The van der Waals surface area contributed by atoms with Crippen LogP contribution in [0, 0.1) is 56.7 Å². The van der Waals surface area contributed by atoms with Crippen molar-refractivity contribution in [3.05, 3.63) is 210 Å². The van der Waals surface area contributed by atoms with Crippen LogP contribution in [0.1, 0.15) is 27.8 Å². The van der Waals surface area contributed by atoms with E-state index in [-0.39, 0.29) is 16.7 Å². The molecule has 65 heavy (non-hydrogen) atoms. The highest BCUT2D eigenvalue weighted by molar-refractivity contribution is 6.12. The van der Waals surface area contributed by atoms with Crippen LogP contribution in [-0.2, 0) is 0 Å². The second kappa shape index (κ2) is 16.5. The zero-order valence-electron chi connectivity index (χ0n) is 34.4. The van der Waals surface area contributed by atoms with Gasteiger partial charge in [-0.25, -0.2) is 9.97 Å². The van der Waals surface area contributed by atoms with E-state index in [2.05, 4.69) is 53.1 Å². The number of nitriles is 5. The molecule has 0 bridgehead atoms. The fraction of sp³-hybridized carbons (Fsp3) is 0. The van der Waals surface area contributed by atoms with E-state index < -0.39 is 0 Å². The van der Waals surface area contributed by atoms with Gasteiger partial charge in [0.2, 0.25) is 0 Å². The van der Waals surface area contributed by atoms with Crippen molar-refractivity contribution in [2.45, 2.75) is 0 Å². The summed E-state index contributed by atoms with van der Waals surface area (Å²) in [5.41, 5.74) is 12.5. The minimum atomic E-state index is 0.229. The topological polar surface area (TPSA) is 150 Å². The van der Waals surface area contributed by atoms with E-state index in [0.717, 1.165) is 77.8 Å². The fourth-order valence-electron chi connectivity index (χ4n) is 8.61. The Balaban J connectivity index is 1.33. The van der Waals surface area contributed by atoms with Crippen molar-refractivity contribution in [2.75, 3.05) is 0 Å². The van der Waals surface area contributed by atoms with E-state index in [0.29, 0.717) is 28.1 Å². The minimum Gasteiger partial charge on any atom is -0.308 e. The number of hydrogen-bond acceptors (Lipinski definition) is 7. The van der Waals surface area contributed by atoms with Crippen molar-refractivity contribution in [3.8, 4) is 103 Å². The molecule has 0 N–H and O–H groups in total. The number of rotatable bonds is 7. The minimum absolute atomic E-state index is 0.229. The smallest absolute Gasteiger partial charge is 0.160 e. The molecule has 2 aromatic heterocycles. The summed E-state index contributed by atoms with van der Waals surface area (Å²) >= 11 is 0. The molecule has 0 atom stereocenters. The summed E-state index contributed by atoms with van der Waals surface area (Å²) in [6.07, 6.45) is 0. The number of fused-ring (bicyclic) bond motifs is 3. The second-order valence-electron chi connectivity index (χ2n) is 15.4. The third-order valence-electron chi connectivity index (χ3n) is 11.5. The first kappa shape index (κ1) is 39.2. The summed E-state index contributed by atoms with van der Waals surface area (Å²) in [6, 6.07) is 69.2. The summed E-state index contributed by atoms with van der Waals surface area (Å²) in [5.74, 6) is 0.489. The van der Waals surface area contributed by atoms with Crippen LogP contribution in [-0.4, -0.2) is 14.5 Å². The molecule has 298 valence electrons. The van der Waals surface area contributed by atoms with Crippen LogP contribution in [0.3, 0.4) is 0 Å². The number of hydrogen-bond donors (Lipinski definition) is 0. The van der Waals surface area contributed by atoms with Crippen LogP contribution >= 0.6 is 0 Å². The molecule has 0 aliphatic heterocycles. The maximum atomic E-state index is 10.2. The molecule has 0 radical (unpaired) electrons. The third-order valence-corrected chi connectivity index (χ3v) is 11.5. The molecule has 0 fully saturated rings. The highest BCUT2D eigenvalue weighted by atomic mass is 15.0. The van der Waals surface area contributed by atoms with Crippen molar-refractivity contribution >= 4 is 21.8 Å². The normalized spacial score (nSPS) is 10.7. The molecular formula is C57H30N8. The summed E-state index contributed by atoms with van der Waals surface area (Å²) < 4.78 is 2.20. The van der Waals surface area contributed by atoms with Gasteiger partial charge in [0.1, 0.15) is 0 Å². The molecule has 0 aliphatic carbocycles. The Morgan fingerprint density at radius 1 is 0.354 bits per heavy atom. The average molecular weight is 827 g/mol. The lowest BCUT2D eigenvalue weighted by Crippen LogP contribution is -2.03. The molecule has 10 rings (SSSR count). The van der Waals surface area contributed by atoms with Gasteiger partial charge in [0.15, 0.2) is 5.82 Å². The second-order valence-corrected chi connectivity index (χ2v) is 15.4. The first-order valence-corrected chi connectivity index (χ1v) is 20.6. The Hall–Kier alpha value is -9.91. The van der Waals surface area contributed by atoms with Crippen LogP contribution in [0.5, 0.6) is 0 Å². The predicted octanol–water partition coefficient (Wildman–Crippen LogP) is 12.9. The number of nitrogens with zero attached hydrogens (tertiary/aromatic N) is 8. The molecule has 0 spiro atoms. The van der Waals surface area contributed by atoms with Gasteiger partial charge in [0.25, 0.3) is 0 Å². The summed E-state index contributed by atoms with van der Waals surface area (Å²) in [5, 5.41) is 52.3. The van der Waals surface area contributed by atoms with Gasteiger partial charge in [-0.15, -0.1) is 0 Å². The van der Waals surface area contributed by atoms with E-state index in [1.807, 2.05) is 140 Å². The Morgan fingerprint density at radius 3 is 1.40 bits per heavy atom. The van der Waals surface area contributed by atoms with E-state index in [9.17, 15) is 26.3 Å². The van der Waals surface area contributed by atoms with Gasteiger partial charge in [-0.2, -0.15) is 26.3 Å². The molecule has 10 aromatic rings. The van der Waals surface area contributed by atoms with Crippen molar-refractivity contribution in [1.29, 1.82) is 26.3 Å². The van der Waals surface area contributed by atoms with Crippen LogP contribution in [0.2, 0.25) is 0 Å². The van der Waals surface area contributed by atoms with Gasteiger partial charge < -0.3 is 4.57 Å². The summed E-state index contributed by atoms with van der Waals surface area (Å²) in [4.78, 5) is 10.4. The van der Waals surface area contributed by atoms with E-state index in [1.54, 1.807) is 12.1 Å². The Labute approximate surface area is 374 Å². The zero-order valence-corrected chi connectivity index (χ0v) is 34.4. The molecule has 2 heterocycles. The predicted molar refractivity (Wildman–Crippen MR) is 253 cm³/mol. The van der Waals surface area contributed by atoms with Gasteiger partial charge >= 0.3 is 0 Å². The molecule has 0 saturated carbocycles. The Kier molecular flexibility index (Phi) is 9.97. The fourth-order valence-corrected chi connectivity index (χ4v) is 8.61. The molecule has 8 nitrogen and oxygen atoms in total. The molecular weight excluding hydrogens is 797 g/mol. The molecule has 0 unspecified atom stereocenters. The number of aromatic nitrogens is 3. The van der Waals surface area contributed by atoms with E-state index >= 15 is 0 Å². The molecule has 0 amide bonds. The van der Waals surface area contributed by atoms with E-state index in [4.69, 9.17) is 9.97 Å².